The van der Waals surface area contributed by atoms with Gasteiger partial charge in [-0.3, -0.25) is 9.52 Å². The summed E-state index contributed by atoms with van der Waals surface area (Å²) in [5.41, 5.74) is 1.76. The summed E-state index contributed by atoms with van der Waals surface area (Å²) in [4.78, 5) is 12.6. The first-order valence-electron chi connectivity index (χ1n) is 8.98. The van der Waals surface area contributed by atoms with Gasteiger partial charge < -0.3 is 5.32 Å². The highest BCUT2D eigenvalue weighted by Crippen LogP contribution is 2.22. The highest BCUT2D eigenvalue weighted by Gasteiger charge is 2.21. The average Bonchev–Trinajstić information content (AvgIpc) is 2.64. The molecule has 0 aliphatic rings. The summed E-state index contributed by atoms with van der Waals surface area (Å²) in [6.07, 6.45) is 1.05. The van der Waals surface area contributed by atoms with E-state index in [1.54, 1.807) is 32.9 Å². The Bertz CT molecular complexity index is 1090. The van der Waals surface area contributed by atoms with E-state index in [0.717, 1.165) is 6.26 Å². The highest BCUT2D eigenvalue weighted by atomic mass is 32.2. The molecule has 0 radical (unpaired) electrons. The molecule has 0 spiro atoms. The van der Waals surface area contributed by atoms with Crippen LogP contribution in [0.4, 0.5) is 11.4 Å². The van der Waals surface area contributed by atoms with Crippen LogP contribution in [0.5, 0.6) is 0 Å². The average molecular weight is 440 g/mol. The first kappa shape index (κ1) is 22.9. The van der Waals surface area contributed by atoms with E-state index in [4.69, 9.17) is 0 Å². The normalized spacial score (nSPS) is 12.0. The minimum absolute atomic E-state index is 0.118. The minimum Gasteiger partial charge on any atom is -0.322 e. The van der Waals surface area contributed by atoms with Crippen LogP contribution < -0.4 is 10.0 Å². The number of carbonyl (C=O) groups excluding carboxylic acids is 1. The zero-order valence-corrected chi connectivity index (χ0v) is 18.4. The summed E-state index contributed by atoms with van der Waals surface area (Å²) in [6.45, 7) is 5.99. The first-order valence-corrected chi connectivity index (χ1v) is 12.3. The molecule has 2 N–H and O–H groups in total. The topological polar surface area (TPSA) is 113 Å². The SMILES string of the molecule is CCN(CC)S(=O)(=O)c1ccc(C(=O)Nc2ccc(C)c(NS(C)(=O)=O)c2)cc1. The molecule has 1 amide bonds. The van der Waals surface area contributed by atoms with Gasteiger partial charge in [0.05, 0.1) is 16.8 Å². The Labute approximate surface area is 172 Å². The standard InChI is InChI=1S/C19H25N3O5S2/c1-5-22(6-2)29(26,27)17-11-8-15(9-12-17)19(23)20-16-10-7-14(3)18(13-16)21-28(4,24)25/h7-13,21H,5-6H2,1-4H3,(H,20,23). The van der Waals surface area contributed by atoms with Gasteiger partial charge in [0.15, 0.2) is 0 Å². The molecule has 0 aromatic heterocycles. The fourth-order valence-electron chi connectivity index (χ4n) is 2.70. The summed E-state index contributed by atoms with van der Waals surface area (Å²) in [6, 6.07) is 10.5. The number of nitrogens with zero attached hydrogens (tertiary/aromatic N) is 1. The molecule has 2 aromatic carbocycles. The van der Waals surface area contributed by atoms with Gasteiger partial charge in [-0.15, -0.1) is 0 Å². The third-order valence-corrected chi connectivity index (χ3v) is 6.91. The van der Waals surface area contributed by atoms with Gasteiger partial charge in [-0.1, -0.05) is 19.9 Å². The molecule has 0 saturated carbocycles. The number of carbonyl (C=O) groups is 1. The van der Waals surface area contributed by atoms with E-state index in [1.807, 2.05) is 0 Å². The summed E-state index contributed by atoms with van der Waals surface area (Å²) in [7, 11) is -7.04. The molecule has 0 bridgehead atoms. The van der Waals surface area contributed by atoms with Crippen LogP contribution in [-0.2, 0) is 20.0 Å². The van der Waals surface area contributed by atoms with E-state index in [0.29, 0.717) is 30.0 Å². The van der Waals surface area contributed by atoms with E-state index < -0.39 is 26.0 Å². The number of hydrogen-bond donors (Lipinski definition) is 2. The van der Waals surface area contributed by atoms with E-state index in [-0.39, 0.29) is 10.5 Å². The number of benzene rings is 2. The van der Waals surface area contributed by atoms with Crippen LogP contribution in [0.2, 0.25) is 0 Å². The molecule has 29 heavy (non-hydrogen) atoms. The summed E-state index contributed by atoms with van der Waals surface area (Å²) in [5.74, 6) is -0.439. The first-order chi connectivity index (χ1) is 13.5. The Morgan fingerprint density at radius 3 is 2.07 bits per heavy atom. The molecular weight excluding hydrogens is 414 g/mol. The molecule has 0 fully saturated rings. The van der Waals surface area contributed by atoms with Crippen molar-refractivity contribution < 1.29 is 21.6 Å². The maximum absolute atomic E-state index is 12.5. The lowest BCUT2D eigenvalue weighted by molar-refractivity contribution is 0.102. The fraction of sp³-hybridized carbons (Fsp3) is 0.316. The predicted octanol–water partition coefficient (Wildman–Crippen LogP) is 2.65. The van der Waals surface area contributed by atoms with Gasteiger partial charge in [0.25, 0.3) is 5.91 Å². The summed E-state index contributed by atoms with van der Waals surface area (Å²) in [5, 5.41) is 2.68. The Kier molecular flexibility index (Phi) is 7.04. The zero-order chi connectivity index (χ0) is 21.8. The molecule has 2 aromatic rings. The third-order valence-electron chi connectivity index (χ3n) is 4.25. The third kappa shape index (κ3) is 5.78. The minimum atomic E-state index is -3.59. The van der Waals surface area contributed by atoms with Gasteiger partial charge in [0, 0.05) is 24.3 Å². The van der Waals surface area contributed by atoms with Crippen molar-refractivity contribution in [2.45, 2.75) is 25.7 Å². The quantitative estimate of drug-likeness (QED) is 0.657. The van der Waals surface area contributed by atoms with Crippen molar-refractivity contribution in [2.75, 3.05) is 29.4 Å². The van der Waals surface area contributed by atoms with Crippen molar-refractivity contribution in [3.8, 4) is 0 Å². The Morgan fingerprint density at radius 1 is 0.966 bits per heavy atom. The maximum Gasteiger partial charge on any atom is 0.255 e. The van der Waals surface area contributed by atoms with Gasteiger partial charge >= 0.3 is 0 Å². The number of aryl methyl sites for hydroxylation is 1. The van der Waals surface area contributed by atoms with E-state index >= 15 is 0 Å². The predicted molar refractivity (Wildman–Crippen MR) is 114 cm³/mol. The fourth-order valence-corrected chi connectivity index (χ4v) is 4.78. The molecule has 0 atom stereocenters. The Hall–Kier alpha value is -2.43. The maximum atomic E-state index is 12.5. The molecule has 0 aliphatic heterocycles. The molecule has 2 rings (SSSR count). The Balaban J connectivity index is 2.21. The van der Waals surface area contributed by atoms with Crippen LogP contribution in [0.15, 0.2) is 47.4 Å². The second-order valence-electron chi connectivity index (χ2n) is 6.47. The van der Waals surface area contributed by atoms with Crippen LogP contribution in [-0.4, -0.2) is 46.4 Å². The summed E-state index contributed by atoms with van der Waals surface area (Å²) < 4.78 is 51.7. The number of amides is 1. The molecule has 8 nitrogen and oxygen atoms in total. The second kappa shape index (κ2) is 8.93. The molecular formula is C19H25N3O5S2. The molecule has 0 heterocycles. The van der Waals surface area contributed by atoms with Crippen molar-refractivity contribution in [3.63, 3.8) is 0 Å². The lowest BCUT2D eigenvalue weighted by Gasteiger charge is -2.18. The van der Waals surface area contributed by atoms with Crippen LogP contribution in [0.25, 0.3) is 0 Å². The number of anilines is 2. The number of sulfonamides is 2. The molecule has 0 saturated heterocycles. The van der Waals surface area contributed by atoms with Crippen LogP contribution in [0.3, 0.4) is 0 Å². The molecule has 0 aliphatic carbocycles. The van der Waals surface area contributed by atoms with Gasteiger partial charge in [0.1, 0.15) is 0 Å². The van der Waals surface area contributed by atoms with Crippen molar-refractivity contribution in [3.05, 3.63) is 53.6 Å². The number of hydrogen-bond acceptors (Lipinski definition) is 5. The van der Waals surface area contributed by atoms with E-state index in [9.17, 15) is 21.6 Å². The van der Waals surface area contributed by atoms with Crippen LogP contribution in [0, 0.1) is 6.92 Å². The van der Waals surface area contributed by atoms with E-state index in [2.05, 4.69) is 10.0 Å². The smallest absolute Gasteiger partial charge is 0.255 e. The lowest BCUT2D eigenvalue weighted by Crippen LogP contribution is -2.30. The number of nitrogens with one attached hydrogen (secondary N) is 2. The highest BCUT2D eigenvalue weighted by molar-refractivity contribution is 7.92. The second-order valence-corrected chi connectivity index (χ2v) is 10.2. The van der Waals surface area contributed by atoms with Gasteiger partial charge in [-0.05, 0) is 48.9 Å². The lowest BCUT2D eigenvalue weighted by atomic mass is 10.1. The van der Waals surface area contributed by atoms with E-state index in [1.165, 1.54) is 34.6 Å². The van der Waals surface area contributed by atoms with Gasteiger partial charge in [-0.2, -0.15) is 4.31 Å². The zero-order valence-electron chi connectivity index (χ0n) is 16.8. The number of rotatable bonds is 8. The van der Waals surface area contributed by atoms with Crippen molar-refractivity contribution in [2.24, 2.45) is 0 Å². The summed E-state index contributed by atoms with van der Waals surface area (Å²) >= 11 is 0. The van der Waals surface area contributed by atoms with Crippen molar-refractivity contribution in [1.29, 1.82) is 0 Å². The Morgan fingerprint density at radius 2 is 1.55 bits per heavy atom. The monoisotopic (exact) mass is 439 g/mol. The van der Waals surface area contributed by atoms with Crippen molar-refractivity contribution in [1.82, 2.24) is 4.31 Å². The largest absolute Gasteiger partial charge is 0.322 e. The molecule has 0 unspecified atom stereocenters. The van der Waals surface area contributed by atoms with Crippen molar-refractivity contribution >= 4 is 37.3 Å². The molecule has 158 valence electrons. The van der Waals surface area contributed by atoms with Gasteiger partial charge in [0.2, 0.25) is 20.0 Å². The van der Waals surface area contributed by atoms with Gasteiger partial charge in [-0.25, -0.2) is 16.8 Å². The van der Waals surface area contributed by atoms with Crippen LogP contribution >= 0.6 is 0 Å². The molecule has 10 heteroatoms. The van der Waals surface area contributed by atoms with Crippen LogP contribution in [0.1, 0.15) is 29.8 Å².